The van der Waals surface area contributed by atoms with Crippen molar-refractivity contribution in [3.8, 4) is 0 Å². The van der Waals surface area contributed by atoms with Crippen LogP contribution >= 0.6 is 11.3 Å². The van der Waals surface area contributed by atoms with E-state index in [1.807, 2.05) is 6.92 Å². The Morgan fingerprint density at radius 2 is 1.93 bits per heavy atom. The van der Waals surface area contributed by atoms with E-state index in [0.717, 1.165) is 29.2 Å². The predicted molar refractivity (Wildman–Crippen MR) is 98.8 cm³/mol. The zero-order chi connectivity index (χ0) is 19.6. The maximum absolute atomic E-state index is 13.2. The van der Waals surface area contributed by atoms with Crippen molar-refractivity contribution in [1.82, 2.24) is 15.3 Å². The average Bonchev–Trinajstić information content (AvgIpc) is 3.12. The number of sulfone groups is 1. The highest BCUT2D eigenvalue weighted by atomic mass is 32.2. The highest BCUT2D eigenvalue weighted by molar-refractivity contribution is 7.93. The van der Waals surface area contributed by atoms with Gasteiger partial charge in [0.2, 0.25) is 9.84 Å². The van der Waals surface area contributed by atoms with Crippen molar-refractivity contribution in [3.05, 3.63) is 70.4 Å². The van der Waals surface area contributed by atoms with Gasteiger partial charge in [-0.15, -0.1) is 11.3 Å². The SMILES string of the molecule is Cc1cnc(CNC(=O)c2ccc(S(=O)(=O)c3ccc(F)cc3C)s2)cn1. The summed E-state index contributed by atoms with van der Waals surface area (Å²) in [4.78, 5) is 20.8. The number of aryl methyl sites for hydroxylation is 2. The van der Waals surface area contributed by atoms with Crippen LogP contribution in [0.1, 0.15) is 26.6 Å². The van der Waals surface area contributed by atoms with Gasteiger partial charge in [0.25, 0.3) is 5.91 Å². The second-order valence-electron chi connectivity index (χ2n) is 5.86. The van der Waals surface area contributed by atoms with E-state index in [1.54, 1.807) is 12.4 Å². The Kier molecular flexibility index (Phi) is 5.33. The molecule has 0 atom stereocenters. The molecule has 2 aromatic heterocycles. The first kappa shape index (κ1) is 19.1. The average molecular weight is 405 g/mol. The Labute approximate surface area is 160 Å². The van der Waals surface area contributed by atoms with Crippen LogP contribution in [0.25, 0.3) is 0 Å². The molecule has 3 rings (SSSR count). The van der Waals surface area contributed by atoms with Gasteiger partial charge in [-0.2, -0.15) is 0 Å². The molecule has 0 fully saturated rings. The lowest BCUT2D eigenvalue weighted by molar-refractivity contribution is 0.0954. The van der Waals surface area contributed by atoms with Crippen molar-refractivity contribution in [2.75, 3.05) is 0 Å². The van der Waals surface area contributed by atoms with E-state index < -0.39 is 21.6 Å². The molecular weight excluding hydrogens is 389 g/mol. The fourth-order valence-electron chi connectivity index (χ4n) is 2.38. The second kappa shape index (κ2) is 7.53. The maximum Gasteiger partial charge on any atom is 0.261 e. The van der Waals surface area contributed by atoms with Crippen LogP contribution in [0.2, 0.25) is 0 Å². The van der Waals surface area contributed by atoms with Crippen LogP contribution in [0.3, 0.4) is 0 Å². The molecule has 0 aliphatic rings. The van der Waals surface area contributed by atoms with Crippen molar-refractivity contribution in [2.45, 2.75) is 29.5 Å². The van der Waals surface area contributed by atoms with Gasteiger partial charge >= 0.3 is 0 Å². The van der Waals surface area contributed by atoms with Crippen molar-refractivity contribution >= 4 is 27.1 Å². The lowest BCUT2D eigenvalue weighted by Gasteiger charge is -2.06. The Bertz CT molecular complexity index is 1090. The van der Waals surface area contributed by atoms with Crippen LogP contribution in [0.4, 0.5) is 4.39 Å². The van der Waals surface area contributed by atoms with E-state index in [1.165, 1.54) is 25.1 Å². The summed E-state index contributed by atoms with van der Waals surface area (Å²) in [5, 5.41) is 2.68. The number of hydrogen-bond donors (Lipinski definition) is 1. The lowest BCUT2D eigenvalue weighted by atomic mass is 10.2. The number of aromatic nitrogens is 2. The smallest absolute Gasteiger partial charge is 0.261 e. The number of nitrogens with zero attached hydrogens (tertiary/aromatic N) is 2. The number of hydrogen-bond acceptors (Lipinski definition) is 6. The third-order valence-corrected chi connectivity index (χ3v) is 7.25. The van der Waals surface area contributed by atoms with Crippen LogP contribution < -0.4 is 5.32 Å². The number of carbonyl (C=O) groups is 1. The maximum atomic E-state index is 13.2. The molecule has 0 spiro atoms. The molecule has 27 heavy (non-hydrogen) atoms. The van der Waals surface area contributed by atoms with Crippen LogP contribution in [0.5, 0.6) is 0 Å². The summed E-state index contributed by atoms with van der Waals surface area (Å²) in [5.41, 5.74) is 1.68. The number of nitrogens with one attached hydrogen (secondary N) is 1. The molecular formula is C18H16FN3O3S2. The van der Waals surface area contributed by atoms with Crippen LogP contribution in [0.15, 0.2) is 51.8 Å². The monoisotopic (exact) mass is 405 g/mol. The Morgan fingerprint density at radius 1 is 1.15 bits per heavy atom. The van der Waals surface area contributed by atoms with Gasteiger partial charge in [-0.3, -0.25) is 14.8 Å². The van der Waals surface area contributed by atoms with Crippen molar-refractivity contribution < 1.29 is 17.6 Å². The van der Waals surface area contributed by atoms with Crippen molar-refractivity contribution in [1.29, 1.82) is 0 Å². The topological polar surface area (TPSA) is 89.0 Å². The quantitative estimate of drug-likeness (QED) is 0.659. The minimum absolute atomic E-state index is 0.0210. The number of amides is 1. The second-order valence-corrected chi connectivity index (χ2v) is 9.09. The first-order valence-electron chi connectivity index (χ1n) is 7.94. The number of halogens is 1. The highest BCUT2D eigenvalue weighted by Gasteiger charge is 2.23. The van der Waals surface area contributed by atoms with E-state index in [9.17, 15) is 17.6 Å². The van der Waals surface area contributed by atoms with Gasteiger partial charge in [0.1, 0.15) is 10.0 Å². The minimum atomic E-state index is -3.82. The van der Waals surface area contributed by atoms with Gasteiger partial charge in [-0.1, -0.05) is 0 Å². The Morgan fingerprint density at radius 3 is 2.59 bits per heavy atom. The minimum Gasteiger partial charge on any atom is -0.346 e. The largest absolute Gasteiger partial charge is 0.346 e. The number of benzene rings is 1. The molecule has 0 saturated carbocycles. The fraction of sp³-hybridized carbons (Fsp3) is 0.167. The van der Waals surface area contributed by atoms with E-state index in [-0.39, 0.29) is 20.5 Å². The standard InChI is InChI=1S/C18H16FN3O3S2/c1-11-7-13(19)3-5-16(11)27(24,25)17-6-4-15(26-17)18(23)22-10-14-9-20-12(2)8-21-14/h3-9H,10H2,1-2H3,(H,22,23). The number of carbonyl (C=O) groups excluding carboxylic acids is 1. The van der Waals surface area contributed by atoms with Crippen LogP contribution in [-0.2, 0) is 16.4 Å². The fourth-order valence-corrected chi connectivity index (χ4v) is 5.20. The molecule has 2 heterocycles. The molecule has 0 radical (unpaired) electrons. The van der Waals surface area contributed by atoms with Crippen LogP contribution in [-0.4, -0.2) is 24.3 Å². The normalized spacial score (nSPS) is 11.4. The van der Waals surface area contributed by atoms with E-state index in [2.05, 4.69) is 15.3 Å². The molecule has 0 saturated heterocycles. The van der Waals surface area contributed by atoms with Gasteiger partial charge < -0.3 is 5.32 Å². The molecule has 0 aliphatic heterocycles. The lowest BCUT2D eigenvalue weighted by Crippen LogP contribution is -2.22. The molecule has 0 unspecified atom stereocenters. The summed E-state index contributed by atoms with van der Waals surface area (Å²) < 4.78 is 38.8. The van der Waals surface area contributed by atoms with Gasteiger partial charge in [-0.05, 0) is 49.7 Å². The van der Waals surface area contributed by atoms with Gasteiger partial charge in [0.05, 0.1) is 33.9 Å². The van der Waals surface area contributed by atoms with Crippen molar-refractivity contribution in [2.24, 2.45) is 0 Å². The van der Waals surface area contributed by atoms with Gasteiger partial charge in [0.15, 0.2) is 0 Å². The summed E-state index contributed by atoms with van der Waals surface area (Å²) in [6, 6.07) is 6.33. The van der Waals surface area contributed by atoms with Crippen LogP contribution in [0, 0.1) is 19.7 Å². The summed E-state index contributed by atoms with van der Waals surface area (Å²) in [5.74, 6) is -0.906. The molecule has 0 bridgehead atoms. The molecule has 6 nitrogen and oxygen atoms in total. The molecule has 1 N–H and O–H groups in total. The summed E-state index contributed by atoms with van der Waals surface area (Å²) in [6.45, 7) is 3.52. The Balaban J connectivity index is 1.77. The first-order chi connectivity index (χ1) is 12.8. The summed E-state index contributed by atoms with van der Waals surface area (Å²) in [6.07, 6.45) is 3.17. The predicted octanol–water partition coefficient (Wildman–Crippen LogP) is 3.06. The summed E-state index contributed by atoms with van der Waals surface area (Å²) >= 11 is 0.863. The molecule has 1 aromatic carbocycles. The molecule has 3 aromatic rings. The zero-order valence-electron chi connectivity index (χ0n) is 14.6. The third kappa shape index (κ3) is 4.20. The summed E-state index contributed by atoms with van der Waals surface area (Å²) in [7, 11) is -3.82. The molecule has 9 heteroatoms. The Hall–Kier alpha value is -2.65. The van der Waals surface area contributed by atoms with E-state index in [0.29, 0.717) is 11.3 Å². The first-order valence-corrected chi connectivity index (χ1v) is 10.2. The van der Waals surface area contributed by atoms with E-state index in [4.69, 9.17) is 0 Å². The third-order valence-electron chi connectivity index (χ3n) is 3.76. The number of rotatable bonds is 5. The van der Waals surface area contributed by atoms with Crippen molar-refractivity contribution in [3.63, 3.8) is 0 Å². The van der Waals surface area contributed by atoms with Gasteiger partial charge in [0, 0.05) is 6.20 Å². The number of thiophene rings is 1. The van der Waals surface area contributed by atoms with E-state index >= 15 is 0 Å². The van der Waals surface area contributed by atoms with Gasteiger partial charge in [-0.25, -0.2) is 12.8 Å². The molecule has 1 amide bonds. The zero-order valence-corrected chi connectivity index (χ0v) is 16.2. The molecule has 140 valence electrons. The molecule has 0 aliphatic carbocycles. The highest BCUT2D eigenvalue weighted by Crippen LogP contribution is 2.29.